The summed E-state index contributed by atoms with van der Waals surface area (Å²) in [5.41, 5.74) is 2.75. The van der Waals surface area contributed by atoms with Crippen LogP contribution in [0.15, 0.2) is 51.8 Å². The van der Waals surface area contributed by atoms with Gasteiger partial charge in [0.1, 0.15) is 10.1 Å². The highest BCUT2D eigenvalue weighted by atomic mass is 79.9. The zero-order chi connectivity index (χ0) is 20.3. The molecule has 5 nitrogen and oxygen atoms in total. The molecule has 1 saturated heterocycles. The molecule has 8 heteroatoms. The topological polar surface area (TPSA) is 66.8 Å². The number of benzene rings is 2. The molecule has 28 heavy (non-hydrogen) atoms. The van der Waals surface area contributed by atoms with Crippen LogP contribution in [0.1, 0.15) is 16.7 Å². The Labute approximate surface area is 180 Å². The monoisotopic (exact) mass is 477 g/mol. The minimum absolute atomic E-state index is 0.181. The Morgan fingerprint density at radius 2 is 2.00 bits per heavy atom. The fourth-order valence-corrected chi connectivity index (χ4v) is 4.18. The Morgan fingerprint density at radius 3 is 2.68 bits per heavy atom. The molecule has 0 bridgehead atoms. The second-order valence-corrected chi connectivity index (χ2v) is 8.71. The Balaban J connectivity index is 1.84. The molecule has 0 aliphatic carbocycles. The van der Waals surface area contributed by atoms with Crippen LogP contribution in [0.4, 0.5) is 0 Å². The second kappa shape index (κ2) is 8.89. The van der Waals surface area contributed by atoms with Crippen LogP contribution in [0.5, 0.6) is 5.75 Å². The summed E-state index contributed by atoms with van der Waals surface area (Å²) in [7, 11) is 0. The van der Waals surface area contributed by atoms with Gasteiger partial charge in [-0.15, -0.1) is 0 Å². The van der Waals surface area contributed by atoms with Crippen molar-refractivity contribution in [3.63, 3.8) is 0 Å². The summed E-state index contributed by atoms with van der Waals surface area (Å²) in [6, 6.07) is 13.1. The van der Waals surface area contributed by atoms with Crippen molar-refractivity contribution >= 4 is 62.2 Å². The van der Waals surface area contributed by atoms with Gasteiger partial charge in [0.05, 0.1) is 11.4 Å². The lowest BCUT2D eigenvalue weighted by molar-refractivity contribution is -0.139. The molecule has 1 fully saturated rings. The number of amides is 1. The van der Waals surface area contributed by atoms with Crippen LogP contribution in [-0.4, -0.2) is 32.8 Å². The van der Waals surface area contributed by atoms with Gasteiger partial charge < -0.3 is 9.84 Å². The largest absolute Gasteiger partial charge is 0.481 e. The van der Waals surface area contributed by atoms with Crippen LogP contribution >= 0.6 is 39.9 Å². The summed E-state index contributed by atoms with van der Waals surface area (Å²) in [5, 5.41) is 8.84. The van der Waals surface area contributed by atoms with Crippen LogP contribution in [0.2, 0.25) is 0 Å². The summed E-state index contributed by atoms with van der Waals surface area (Å²) in [6.45, 7) is 1.95. The van der Waals surface area contributed by atoms with E-state index in [1.807, 2.05) is 31.2 Å². The van der Waals surface area contributed by atoms with Crippen molar-refractivity contribution in [2.75, 3.05) is 6.61 Å². The van der Waals surface area contributed by atoms with Crippen LogP contribution in [0.25, 0.3) is 6.08 Å². The van der Waals surface area contributed by atoms with E-state index in [1.165, 1.54) is 11.8 Å². The van der Waals surface area contributed by atoms with Crippen LogP contribution < -0.4 is 4.74 Å². The summed E-state index contributed by atoms with van der Waals surface area (Å²) in [6.07, 6.45) is 1.68. The number of carboxylic acids is 1. The van der Waals surface area contributed by atoms with Gasteiger partial charge in [-0.05, 0) is 36.8 Å². The maximum Gasteiger partial charge on any atom is 0.341 e. The molecular formula is C20H16BrNO4S2. The molecule has 0 unspecified atom stereocenters. The van der Waals surface area contributed by atoms with Crippen molar-refractivity contribution in [3.8, 4) is 5.75 Å². The van der Waals surface area contributed by atoms with Gasteiger partial charge in [0.25, 0.3) is 5.91 Å². The molecule has 1 heterocycles. The number of ether oxygens (including phenoxy) is 1. The molecule has 1 aliphatic rings. The van der Waals surface area contributed by atoms with Crippen LogP contribution in [0, 0.1) is 6.92 Å². The Hall–Kier alpha value is -2.16. The molecule has 0 aromatic heterocycles. The summed E-state index contributed by atoms with van der Waals surface area (Å²) in [5.74, 6) is -0.868. The predicted molar refractivity (Wildman–Crippen MR) is 117 cm³/mol. The van der Waals surface area contributed by atoms with Gasteiger partial charge in [-0.25, -0.2) is 4.79 Å². The van der Waals surface area contributed by atoms with Crippen molar-refractivity contribution in [3.05, 3.63) is 68.5 Å². The molecule has 0 spiro atoms. The molecular weight excluding hydrogens is 462 g/mol. The first-order chi connectivity index (χ1) is 13.3. The van der Waals surface area contributed by atoms with E-state index in [-0.39, 0.29) is 5.91 Å². The standard InChI is InChI=1S/C20H16BrNO4S2/c1-12-2-4-13(5-3-12)10-22-19(25)17(28-20(22)27)9-14-8-15(21)6-7-16(14)26-11-18(23)24/h2-9H,10-11H2,1H3,(H,23,24)/b17-9-. The summed E-state index contributed by atoms with van der Waals surface area (Å²) < 4.78 is 6.60. The molecule has 1 aliphatic heterocycles. The van der Waals surface area contributed by atoms with E-state index in [2.05, 4.69) is 15.9 Å². The fourth-order valence-electron chi connectivity index (χ4n) is 2.56. The molecule has 1 N–H and O–H groups in total. The van der Waals surface area contributed by atoms with Crippen molar-refractivity contribution < 1.29 is 19.4 Å². The molecule has 3 rings (SSSR count). The van der Waals surface area contributed by atoms with Crippen molar-refractivity contribution in [2.45, 2.75) is 13.5 Å². The average Bonchev–Trinajstić information content (AvgIpc) is 2.90. The Kier molecular flexibility index (Phi) is 6.53. The van der Waals surface area contributed by atoms with Gasteiger partial charge in [-0.2, -0.15) is 0 Å². The minimum atomic E-state index is -1.07. The first-order valence-corrected chi connectivity index (χ1v) is 10.3. The number of carbonyl (C=O) groups excluding carboxylic acids is 1. The summed E-state index contributed by atoms with van der Waals surface area (Å²) in [4.78, 5) is 25.7. The van der Waals surface area contributed by atoms with Crippen molar-refractivity contribution in [2.24, 2.45) is 0 Å². The minimum Gasteiger partial charge on any atom is -0.481 e. The molecule has 2 aromatic rings. The van der Waals surface area contributed by atoms with Crippen molar-refractivity contribution in [1.29, 1.82) is 0 Å². The number of nitrogens with zero attached hydrogens (tertiary/aromatic N) is 1. The lowest BCUT2D eigenvalue weighted by Crippen LogP contribution is -2.27. The fraction of sp³-hybridized carbons (Fsp3) is 0.150. The number of halogens is 1. The van der Waals surface area contributed by atoms with Gasteiger partial charge in [0, 0.05) is 10.0 Å². The van der Waals surface area contributed by atoms with E-state index < -0.39 is 12.6 Å². The third-order valence-electron chi connectivity index (χ3n) is 3.94. The highest BCUT2D eigenvalue weighted by molar-refractivity contribution is 9.10. The van der Waals surface area contributed by atoms with Crippen molar-refractivity contribution in [1.82, 2.24) is 4.90 Å². The maximum absolute atomic E-state index is 12.9. The van der Waals surface area contributed by atoms with Gasteiger partial charge >= 0.3 is 5.97 Å². The number of hydrogen-bond acceptors (Lipinski definition) is 5. The van der Waals surface area contributed by atoms with Gasteiger partial charge in [-0.3, -0.25) is 9.69 Å². The number of carbonyl (C=O) groups is 2. The molecule has 1 amide bonds. The Bertz CT molecular complexity index is 973. The smallest absolute Gasteiger partial charge is 0.341 e. The third kappa shape index (κ3) is 5.01. The van der Waals surface area contributed by atoms with E-state index in [0.717, 1.165) is 15.6 Å². The van der Waals surface area contributed by atoms with Gasteiger partial charge in [-0.1, -0.05) is 69.7 Å². The van der Waals surface area contributed by atoms with Crippen LogP contribution in [-0.2, 0) is 16.1 Å². The number of aliphatic carboxylic acids is 1. The lowest BCUT2D eigenvalue weighted by Gasteiger charge is -2.14. The molecule has 144 valence electrons. The van der Waals surface area contributed by atoms with E-state index in [0.29, 0.717) is 27.1 Å². The molecule has 0 radical (unpaired) electrons. The molecule has 0 atom stereocenters. The van der Waals surface area contributed by atoms with E-state index >= 15 is 0 Å². The van der Waals surface area contributed by atoms with E-state index in [1.54, 1.807) is 29.2 Å². The number of thiocarbonyl (C=S) groups is 1. The van der Waals surface area contributed by atoms with Gasteiger partial charge in [0.15, 0.2) is 6.61 Å². The first kappa shape index (κ1) is 20.6. The Morgan fingerprint density at radius 1 is 1.29 bits per heavy atom. The molecule has 2 aromatic carbocycles. The number of rotatable bonds is 6. The number of carboxylic acid groups (broad SMARTS) is 1. The highest BCUT2D eigenvalue weighted by Crippen LogP contribution is 2.36. The quantitative estimate of drug-likeness (QED) is 0.483. The molecule has 0 saturated carbocycles. The number of thioether (sulfide) groups is 1. The normalized spacial score (nSPS) is 15.4. The number of hydrogen-bond donors (Lipinski definition) is 1. The third-order valence-corrected chi connectivity index (χ3v) is 5.82. The second-order valence-electron chi connectivity index (χ2n) is 6.12. The number of aryl methyl sites for hydroxylation is 1. The van der Waals surface area contributed by atoms with Gasteiger partial charge in [0.2, 0.25) is 0 Å². The SMILES string of the molecule is Cc1ccc(CN2C(=O)/C(=C/c3cc(Br)ccc3OCC(=O)O)SC2=S)cc1. The zero-order valence-electron chi connectivity index (χ0n) is 14.8. The zero-order valence-corrected chi connectivity index (χ0v) is 18.1. The maximum atomic E-state index is 12.9. The van der Waals surface area contributed by atoms with Crippen LogP contribution in [0.3, 0.4) is 0 Å². The average molecular weight is 478 g/mol. The lowest BCUT2D eigenvalue weighted by atomic mass is 10.1. The van der Waals surface area contributed by atoms with E-state index in [9.17, 15) is 9.59 Å². The predicted octanol–water partition coefficient (Wildman–Crippen LogP) is 4.62. The van der Waals surface area contributed by atoms with E-state index in [4.69, 9.17) is 22.1 Å². The summed E-state index contributed by atoms with van der Waals surface area (Å²) >= 11 is 9.99. The highest BCUT2D eigenvalue weighted by Gasteiger charge is 2.32. The first-order valence-electron chi connectivity index (χ1n) is 8.28.